The van der Waals surface area contributed by atoms with Crippen molar-refractivity contribution < 1.29 is 9.47 Å². The molecule has 0 aliphatic heterocycles. The zero-order valence-electron chi connectivity index (χ0n) is 14.3. The Balaban J connectivity index is 2.10. The van der Waals surface area contributed by atoms with Crippen LogP contribution in [-0.2, 0) is 6.54 Å². The first kappa shape index (κ1) is 20.9. The molecule has 4 nitrogen and oxygen atoms in total. The molecule has 0 aliphatic carbocycles. The van der Waals surface area contributed by atoms with Crippen LogP contribution in [0.25, 0.3) is 0 Å². The predicted molar refractivity (Wildman–Crippen MR) is 117 cm³/mol. The second kappa shape index (κ2) is 10.6. The van der Waals surface area contributed by atoms with E-state index in [0.717, 1.165) is 14.7 Å². The lowest BCUT2D eigenvalue weighted by atomic mass is 10.2. The average molecular weight is 505 g/mol. The van der Waals surface area contributed by atoms with E-state index in [1.165, 1.54) is 0 Å². The fraction of sp³-hybridized carbons (Fsp3) is 0.211. The van der Waals surface area contributed by atoms with Gasteiger partial charge in [-0.15, -0.1) is 0 Å². The highest BCUT2D eigenvalue weighted by atomic mass is 127. The van der Waals surface area contributed by atoms with E-state index in [1.54, 1.807) is 24.4 Å². The van der Waals surface area contributed by atoms with Gasteiger partial charge in [-0.1, -0.05) is 41.9 Å². The minimum Gasteiger partial charge on any atom is -0.490 e. The Morgan fingerprint density at radius 1 is 1.23 bits per heavy atom. The van der Waals surface area contributed by atoms with Gasteiger partial charge in [0.2, 0.25) is 0 Å². The van der Waals surface area contributed by atoms with Gasteiger partial charge in [0.15, 0.2) is 11.5 Å². The summed E-state index contributed by atoms with van der Waals surface area (Å²) in [5.41, 5.74) is 4.67. The van der Waals surface area contributed by atoms with E-state index < -0.39 is 0 Å². The zero-order valence-corrected chi connectivity index (χ0v) is 17.9. The van der Waals surface area contributed by atoms with Crippen molar-refractivity contribution in [3.63, 3.8) is 0 Å². The Labute approximate surface area is 177 Å². The lowest BCUT2D eigenvalue weighted by Crippen LogP contribution is -2.07. The van der Waals surface area contributed by atoms with Gasteiger partial charge in [0.25, 0.3) is 0 Å². The zero-order chi connectivity index (χ0) is 18.9. The number of nitrogens with zero attached hydrogens (tertiary/aromatic N) is 1. The van der Waals surface area contributed by atoms with Crippen LogP contribution in [0.1, 0.15) is 18.1 Å². The van der Waals surface area contributed by atoms with Crippen LogP contribution < -0.4 is 14.9 Å². The molecular weight excluding hydrogens is 486 g/mol. The maximum atomic E-state index is 6.15. The Morgan fingerprint density at radius 3 is 2.62 bits per heavy atom. The molecule has 0 heterocycles. The minimum atomic E-state index is 0.420. The van der Waals surface area contributed by atoms with Crippen molar-refractivity contribution in [2.75, 3.05) is 13.2 Å². The molecule has 0 amide bonds. The largest absolute Gasteiger partial charge is 0.490 e. The fourth-order valence-corrected chi connectivity index (χ4v) is 3.47. The maximum Gasteiger partial charge on any atom is 0.174 e. The standard InChI is InChI=1S/C19H19Cl2IN2O2/c1-3-8-26-19-17(22)9-13(10-18(19)25-4-2)11-23-24-12-14-15(20)6-5-7-16(14)21/h3,5-7,9-11,24H,1,4,8,12H2,2H3/b23-11+. The van der Waals surface area contributed by atoms with E-state index >= 15 is 0 Å². The quantitative estimate of drug-likeness (QED) is 0.206. The lowest BCUT2D eigenvalue weighted by molar-refractivity contribution is 0.295. The number of nitrogens with one attached hydrogen (secondary N) is 1. The van der Waals surface area contributed by atoms with Crippen LogP contribution in [-0.4, -0.2) is 19.4 Å². The van der Waals surface area contributed by atoms with Crippen LogP contribution in [0, 0.1) is 3.57 Å². The molecule has 7 heteroatoms. The number of halogens is 3. The normalized spacial score (nSPS) is 10.8. The van der Waals surface area contributed by atoms with E-state index in [2.05, 4.69) is 39.7 Å². The van der Waals surface area contributed by atoms with Crippen molar-refractivity contribution in [1.82, 2.24) is 5.43 Å². The summed E-state index contributed by atoms with van der Waals surface area (Å²) in [6.45, 7) is 7.00. The van der Waals surface area contributed by atoms with E-state index in [9.17, 15) is 0 Å². The second-order valence-corrected chi connectivity index (χ2v) is 7.13. The van der Waals surface area contributed by atoms with Crippen molar-refractivity contribution in [2.24, 2.45) is 5.10 Å². The van der Waals surface area contributed by atoms with E-state index in [1.807, 2.05) is 25.1 Å². The Kier molecular flexibility index (Phi) is 8.54. The van der Waals surface area contributed by atoms with Crippen LogP contribution >= 0.6 is 45.8 Å². The molecule has 0 aromatic heterocycles. The predicted octanol–water partition coefficient (Wildman–Crippen LogP) is 5.69. The summed E-state index contributed by atoms with van der Waals surface area (Å²) >= 11 is 14.5. The van der Waals surface area contributed by atoms with Crippen LogP contribution in [0.15, 0.2) is 48.1 Å². The Hall–Kier alpha value is -1.44. The molecule has 1 N–H and O–H groups in total. The summed E-state index contributed by atoms with van der Waals surface area (Å²) in [6.07, 6.45) is 3.41. The molecular formula is C19H19Cl2IN2O2. The third-order valence-corrected chi connectivity index (χ3v) is 4.81. The van der Waals surface area contributed by atoms with E-state index in [4.69, 9.17) is 32.7 Å². The Bertz CT molecular complexity index is 777. The first-order valence-corrected chi connectivity index (χ1v) is 9.79. The smallest absolute Gasteiger partial charge is 0.174 e. The molecule has 0 radical (unpaired) electrons. The van der Waals surface area contributed by atoms with Gasteiger partial charge in [0, 0.05) is 15.6 Å². The van der Waals surface area contributed by atoms with Crippen LogP contribution in [0.2, 0.25) is 10.0 Å². The number of hydrogen-bond donors (Lipinski definition) is 1. The number of ether oxygens (including phenoxy) is 2. The van der Waals surface area contributed by atoms with Crippen LogP contribution in [0.4, 0.5) is 0 Å². The van der Waals surface area contributed by atoms with Crippen molar-refractivity contribution in [1.29, 1.82) is 0 Å². The average Bonchev–Trinajstić information content (AvgIpc) is 2.60. The fourth-order valence-electron chi connectivity index (χ4n) is 2.15. The highest BCUT2D eigenvalue weighted by Gasteiger charge is 2.11. The first-order valence-electron chi connectivity index (χ1n) is 7.95. The monoisotopic (exact) mass is 504 g/mol. The third-order valence-electron chi connectivity index (χ3n) is 3.30. The van der Waals surface area contributed by atoms with Crippen LogP contribution in [0.5, 0.6) is 11.5 Å². The summed E-state index contributed by atoms with van der Waals surface area (Å²) in [4.78, 5) is 0. The van der Waals surface area contributed by atoms with Crippen molar-refractivity contribution >= 4 is 52.0 Å². The van der Waals surface area contributed by atoms with E-state index in [0.29, 0.717) is 41.3 Å². The molecule has 0 fully saturated rings. The van der Waals surface area contributed by atoms with Gasteiger partial charge in [-0.25, -0.2) is 0 Å². The van der Waals surface area contributed by atoms with Gasteiger partial charge in [0.05, 0.1) is 22.9 Å². The molecule has 26 heavy (non-hydrogen) atoms. The number of benzene rings is 2. The van der Waals surface area contributed by atoms with Gasteiger partial charge < -0.3 is 14.9 Å². The van der Waals surface area contributed by atoms with Crippen molar-refractivity contribution in [3.05, 3.63) is 67.7 Å². The highest BCUT2D eigenvalue weighted by molar-refractivity contribution is 14.1. The van der Waals surface area contributed by atoms with Gasteiger partial charge in [-0.3, -0.25) is 0 Å². The number of rotatable bonds is 9. The summed E-state index contributed by atoms with van der Waals surface area (Å²) in [5, 5.41) is 5.46. The number of hydrazone groups is 1. The molecule has 2 rings (SSSR count). The van der Waals surface area contributed by atoms with Gasteiger partial charge in [-0.2, -0.15) is 5.10 Å². The molecule has 0 saturated carbocycles. The third kappa shape index (κ3) is 5.79. The summed E-state index contributed by atoms with van der Waals surface area (Å²) in [7, 11) is 0. The molecule has 138 valence electrons. The maximum absolute atomic E-state index is 6.15. The summed E-state index contributed by atoms with van der Waals surface area (Å²) in [5.74, 6) is 1.39. The molecule has 0 aliphatic rings. The topological polar surface area (TPSA) is 42.8 Å². The van der Waals surface area contributed by atoms with Gasteiger partial charge >= 0.3 is 0 Å². The SMILES string of the molecule is C=CCOc1c(I)cc(/C=N/NCc2c(Cl)cccc2Cl)cc1OCC. The van der Waals surface area contributed by atoms with Gasteiger partial charge in [0.1, 0.15) is 6.61 Å². The van der Waals surface area contributed by atoms with E-state index in [-0.39, 0.29) is 0 Å². The van der Waals surface area contributed by atoms with Gasteiger partial charge in [-0.05, 0) is 59.3 Å². The van der Waals surface area contributed by atoms with Crippen LogP contribution in [0.3, 0.4) is 0 Å². The highest BCUT2D eigenvalue weighted by Crippen LogP contribution is 2.34. The molecule has 0 bridgehead atoms. The molecule has 2 aromatic carbocycles. The number of hydrogen-bond acceptors (Lipinski definition) is 4. The molecule has 2 aromatic rings. The molecule has 0 atom stereocenters. The summed E-state index contributed by atoms with van der Waals surface area (Å²) in [6, 6.07) is 9.26. The Morgan fingerprint density at radius 2 is 1.96 bits per heavy atom. The first-order chi connectivity index (χ1) is 12.6. The van der Waals surface area contributed by atoms with Crippen molar-refractivity contribution in [3.8, 4) is 11.5 Å². The lowest BCUT2D eigenvalue weighted by Gasteiger charge is -2.13. The second-order valence-electron chi connectivity index (χ2n) is 5.16. The minimum absolute atomic E-state index is 0.420. The molecule has 0 unspecified atom stereocenters. The van der Waals surface area contributed by atoms with Crippen molar-refractivity contribution in [2.45, 2.75) is 13.5 Å². The molecule has 0 spiro atoms. The summed E-state index contributed by atoms with van der Waals surface area (Å²) < 4.78 is 12.3. The molecule has 0 saturated heterocycles.